The van der Waals surface area contributed by atoms with Crippen molar-refractivity contribution >= 4 is 11.3 Å². The maximum atomic E-state index is 5.98. The van der Waals surface area contributed by atoms with E-state index < -0.39 is 0 Å². The zero-order valence-corrected chi connectivity index (χ0v) is 8.01. The Kier molecular flexibility index (Phi) is 2.12. The first-order valence-electron chi connectivity index (χ1n) is 3.94. The zero-order chi connectivity index (χ0) is 9.26. The summed E-state index contributed by atoms with van der Waals surface area (Å²) in [6, 6.07) is 1.87. The molecule has 0 amide bonds. The van der Waals surface area contributed by atoms with E-state index in [9.17, 15) is 0 Å². The van der Waals surface area contributed by atoms with Crippen LogP contribution in [-0.2, 0) is 0 Å². The summed E-state index contributed by atoms with van der Waals surface area (Å²) in [6.07, 6.45) is 1.47. The number of aromatic amines is 1. The highest BCUT2D eigenvalue weighted by molar-refractivity contribution is 7.10. The maximum absolute atomic E-state index is 5.98. The minimum Gasteiger partial charge on any atom is -0.317 e. The number of thiophene rings is 1. The highest BCUT2D eigenvalue weighted by Gasteiger charge is 2.14. The molecule has 0 bridgehead atoms. The Morgan fingerprint density at radius 3 is 3.00 bits per heavy atom. The van der Waals surface area contributed by atoms with Gasteiger partial charge in [-0.1, -0.05) is 0 Å². The van der Waals surface area contributed by atoms with Crippen molar-refractivity contribution in [1.29, 1.82) is 0 Å². The molecular formula is C8H10N4S. The second-order valence-corrected chi connectivity index (χ2v) is 3.76. The van der Waals surface area contributed by atoms with E-state index in [0.717, 1.165) is 4.88 Å². The molecule has 2 aromatic rings. The van der Waals surface area contributed by atoms with Gasteiger partial charge in [-0.3, -0.25) is 5.10 Å². The van der Waals surface area contributed by atoms with E-state index in [-0.39, 0.29) is 6.04 Å². The van der Waals surface area contributed by atoms with Crippen LogP contribution >= 0.6 is 11.3 Å². The van der Waals surface area contributed by atoms with Gasteiger partial charge in [-0.15, -0.1) is 11.3 Å². The van der Waals surface area contributed by atoms with Gasteiger partial charge < -0.3 is 5.73 Å². The summed E-state index contributed by atoms with van der Waals surface area (Å²) in [5.74, 6) is 0.713. The molecule has 68 valence electrons. The second kappa shape index (κ2) is 3.27. The van der Waals surface area contributed by atoms with Gasteiger partial charge in [0.1, 0.15) is 12.2 Å². The summed E-state index contributed by atoms with van der Waals surface area (Å²) in [6.45, 7) is 2.04. The highest BCUT2D eigenvalue weighted by Crippen LogP contribution is 2.24. The average Bonchev–Trinajstić information content (AvgIpc) is 2.72. The first kappa shape index (κ1) is 8.40. The maximum Gasteiger partial charge on any atom is 0.146 e. The van der Waals surface area contributed by atoms with Gasteiger partial charge in [0.25, 0.3) is 0 Å². The van der Waals surface area contributed by atoms with Crippen LogP contribution in [-0.4, -0.2) is 15.2 Å². The van der Waals surface area contributed by atoms with Crippen molar-refractivity contribution in [2.24, 2.45) is 5.73 Å². The SMILES string of the molecule is Cc1ccsc1C(N)c1ncn[nH]1. The van der Waals surface area contributed by atoms with Gasteiger partial charge >= 0.3 is 0 Å². The summed E-state index contributed by atoms with van der Waals surface area (Å²) in [5, 5.41) is 8.57. The van der Waals surface area contributed by atoms with Crippen molar-refractivity contribution in [3.63, 3.8) is 0 Å². The number of rotatable bonds is 2. The van der Waals surface area contributed by atoms with Crippen LogP contribution in [0.5, 0.6) is 0 Å². The molecule has 0 fully saturated rings. The van der Waals surface area contributed by atoms with E-state index in [2.05, 4.69) is 21.2 Å². The van der Waals surface area contributed by atoms with Crippen molar-refractivity contribution in [1.82, 2.24) is 15.2 Å². The summed E-state index contributed by atoms with van der Waals surface area (Å²) >= 11 is 1.64. The lowest BCUT2D eigenvalue weighted by Crippen LogP contribution is -2.13. The monoisotopic (exact) mass is 194 g/mol. The molecule has 3 N–H and O–H groups in total. The Balaban J connectivity index is 2.33. The van der Waals surface area contributed by atoms with Crippen molar-refractivity contribution in [3.05, 3.63) is 34.0 Å². The van der Waals surface area contributed by atoms with Crippen LogP contribution in [0.3, 0.4) is 0 Å². The van der Waals surface area contributed by atoms with E-state index in [0.29, 0.717) is 5.82 Å². The van der Waals surface area contributed by atoms with Crippen LogP contribution in [0.4, 0.5) is 0 Å². The molecule has 13 heavy (non-hydrogen) atoms. The van der Waals surface area contributed by atoms with Crippen LogP contribution in [0, 0.1) is 6.92 Å². The van der Waals surface area contributed by atoms with E-state index in [1.807, 2.05) is 12.3 Å². The molecule has 0 aliphatic carbocycles. The third-order valence-corrected chi connectivity index (χ3v) is 3.01. The molecule has 5 heteroatoms. The smallest absolute Gasteiger partial charge is 0.146 e. The summed E-state index contributed by atoms with van der Waals surface area (Å²) < 4.78 is 0. The number of nitrogens with zero attached hydrogens (tertiary/aromatic N) is 2. The second-order valence-electron chi connectivity index (χ2n) is 2.82. The molecule has 0 saturated heterocycles. The molecule has 2 heterocycles. The predicted molar refractivity (Wildman–Crippen MR) is 51.5 cm³/mol. The van der Waals surface area contributed by atoms with Crippen molar-refractivity contribution in [3.8, 4) is 0 Å². The molecular weight excluding hydrogens is 184 g/mol. The number of hydrogen-bond donors (Lipinski definition) is 2. The number of aromatic nitrogens is 3. The fourth-order valence-electron chi connectivity index (χ4n) is 1.19. The minimum absolute atomic E-state index is 0.178. The number of hydrogen-bond acceptors (Lipinski definition) is 4. The highest BCUT2D eigenvalue weighted by atomic mass is 32.1. The standard InChI is InChI=1S/C8H10N4S/c1-5-2-3-13-7(5)6(9)8-10-4-11-12-8/h2-4,6H,9H2,1H3,(H,10,11,12). The van der Waals surface area contributed by atoms with Crippen LogP contribution < -0.4 is 5.73 Å². The number of nitrogens with one attached hydrogen (secondary N) is 1. The van der Waals surface area contributed by atoms with Crippen molar-refractivity contribution < 1.29 is 0 Å². The van der Waals surface area contributed by atoms with Crippen LogP contribution in [0.1, 0.15) is 22.3 Å². The zero-order valence-electron chi connectivity index (χ0n) is 7.19. The van der Waals surface area contributed by atoms with Crippen molar-refractivity contribution in [2.45, 2.75) is 13.0 Å². The van der Waals surface area contributed by atoms with Crippen molar-refractivity contribution in [2.75, 3.05) is 0 Å². The lowest BCUT2D eigenvalue weighted by molar-refractivity contribution is 0.797. The molecule has 0 spiro atoms. The first-order chi connectivity index (χ1) is 6.29. The van der Waals surface area contributed by atoms with Gasteiger partial charge in [-0.05, 0) is 23.9 Å². The largest absolute Gasteiger partial charge is 0.317 e. The van der Waals surface area contributed by atoms with E-state index in [1.165, 1.54) is 11.9 Å². The topological polar surface area (TPSA) is 67.6 Å². The number of nitrogens with two attached hydrogens (primary N) is 1. The Morgan fingerprint density at radius 2 is 2.46 bits per heavy atom. The van der Waals surface area contributed by atoms with E-state index in [4.69, 9.17) is 5.73 Å². The quantitative estimate of drug-likeness (QED) is 0.755. The van der Waals surface area contributed by atoms with Gasteiger partial charge in [-0.2, -0.15) is 5.10 Å². The van der Waals surface area contributed by atoms with Crippen LogP contribution in [0.2, 0.25) is 0 Å². The third kappa shape index (κ3) is 1.48. The minimum atomic E-state index is -0.178. The lowest BCUT2D eigenvalue weighted by atomic mass is 10.2. The third-order valence-electron chi connectivity index (χ3n) is 1.91. The van der Waals surface area contributed by atoms with Crippen LogP contribution in [0.25, 0.3) is 0 Å². The summed E-state index contributed by atoms with van der Waals surface area (Å²) in [5.41, 5.74) is 7.19. The summed E-state index contributed by atoms with van der Waals surface area (Å²) in [7, 11) is 0. The molecule has 0 aromatic carbocycles. The molecule has 2 rings (SSSR count). The normalized spacial score (nSPS) is 13.1. The Hall–Kier alpha value is -1.20. The lowest BCUT2D eigenvalue weighted by Gasteiger charge is -2.06. The van der Waals surface area contributed by atoms with Gasteiger partial charge in [0, 0.05) is 4.88 Å². The molecule has 4 nitrogen and oxygen atoms in total. The molecule has 1 unspecified atom stereocenters. The predicted octanol–water partition coefficient (Wildman–Crippen LogP) is 1.22. The van der Waals surface area contributed by atoms with Gasteiger partial charge in [0.15, 0.2) is 0 Å². The Morgan fingerprint density at radius 1 is 1.62 bits per heavy atom. The van der Waals surface area contributed by atoms with E-state index >= 15 is 0 Å². The molecule has 0 saturated carbocycles. The molecule has 2 aromatic heterocycles. The summed E-state index contributed by atoms with van der Waals surface area (Å²) in [4.78, 5) is 5.16. The van der Waals surface area contributed by atoms with E-state index in [1.54, 1.807) is 11.3 Å². The number of H-pyrrole nitrogens is 1. The Labute approximate surface area is 79.8 Å². The fraction of sp³-hybridized carbons (Fsp3) is 0.250. The number of aryl methyl sites for hydroxylation is 1. The first-order valence-corrected chi connectivity index (χ1v) is 4.82. The molecule has 0 aliphatic rings. The molecule has 1 atom stereocenters. The van der Waals surface area contributed by atoms with Gasteiger partial charge in [-0.25, -0.2) is 4.98 Å². The Bertz CT molecular complexity index is 379. The fourth-order valence-corrected chi connectivity index (χ4v) is 2.12. The average molecular weight is 194 g/mol. The molecule has 0 radical (unpaired) electrons. The molecule has 0 aliphatic heterocycles. The van der Waals surface area contributed by atoms with Crippen LogP contribution in [0.15, 0.2) is 17.8 Å². The van der Waals surface area contributed by atoms with Gasteiger partial charge in [0.2, 0.25) is 0 Å². The van der Waals surface area contributed by atoms with Gasteiger partial charge in [0.05, 0.1) is 6.04 Å².